The molecule has 0 aliphatic rings. The Bertz CT molecular complexity index is 1770. The molecule has 0 bridgehead atoms. The van der Waals surface area contributed by atoms with Crippen LogP contribution in [0.15, 0.2) is 140 Å². The quantitative estimate of drug-likeness (QED) is 0.167. The average molecular weight is 728 g/mol. The van der Waals surface area contributed by atoms with Gasteiger partial charge in [-0.1, -0.05) is 86.6 Å². The molecule has 6 rings (SSSR count). The van der Waals surface area contributed by atoms with Crippen LogP contribution in [0.25, 0.3) is 22.5 Å². The van der Waals surface area contributed by atoms with Gasteiger partial charge in [-0.3, -0.25) is 4.98 Å². The number of phenolic OH excluding ortho intramolecular Hbond substituents is 1. The Kier molecular flexibility index (Phi) is 8.66. The van der Waals surface area contributed by atoms with Crippen molar-refractivity contribution < 1.29 is 26.2 Å². The zero-order chi connectivity index (χ0) is 28.2. The molecule has 0 aliphatic carbocycles. The fourth-order valence-electron chi connectivity index (χ4n) is 5.09. The molecule has 0 amide bonds. The monoisotopic (exact) mass is 727 g/mol. The number of para-hydroxylation sites is 1. The van der Waals surface area contributed by atoms with Crippen molar-refractivity contribution in [2.24, 2.45) is 0 Å². The van der Waals surface area contributed by atoms with Crippen molar-refractivity contribution in [2.75, 3.05) is 4.90 Å². The van der Waals surface area contributed by atoms with Gasteiger partial charge in [-0.15, -0.1) is 29.8 Å². The van der Waals surface area contributed by atoms with Crippen LogP contribution in [0.4, 0.5) is 17.2 Å². The van der Waals surface area contributed by atoms with Crippen LogP contribution in [0.5, 0.6) is 5.75 Å². The number of aromatic hydroxyl groups is 1. The predicted molar refractivity (Wildman–Crippen MR) is 167 cm³/mol. The fourth-order valence-corrected chi connectivity index (χ4v) is 5.09. The van der Waals surface area contributed by atoms with E-state index >= 15 is 0 Å². The van der Waals surface area contributed by atoms with E-state index in [2.05, 4.69) is 84.4 Å². The first kappa shape index (κ1) is 29.0. The van der Waals surface area contributed by atoms with E-state index in [0.29, 0.717) is 11.3 Å². The molecular formula is C37H30N3OPt-. The maximum atomic E-state index is 10.4. The molecule has 0 saturated heterocycles. The zero-order valence-corrected chi connectivity index (χ0v) is 25.7. The van der Waals surface area contributed by atoms with Gasteiger partial charge in [0.1, 0.15) is 11.6 Å². The number of hydrogen-bond acceptors (Lipinski definition) is 4. The summed E-state index contributed by atoms with van der Waals surface area (Å²) in [7, 11) is 0. The molecule has 4 aromatic carbocycles. The molecule has 0 atom stereocenters. The number of phenols is 1. The van der Waals surface area contributed by atoms with Gasteiger partial charge in [0.05, 0.1) is 5.69 Å². The van der Waals surface area contributed by atoms with Gasteiger partial charge in [0.25, 0.3) is 0 Å². The minimum Gasteiger partial charge on any atom is -0.507 e. The smallest absolute Gasteiger partial charge is 0.136 e. The van der Waals surface area contributed by atoms with Crippen molar-refractivity contribution in [2.45, 2.75) is 19.3 Å². The van der Waals surface area contributed by atoms with E-state index in [9.17, 15) is 5.11 Å². The van der Waals surface area contributed by atoms with Gasteiger partial charge < -0.3 is 10.0 Å². The van der Waals surface area contributed by atoms with E-state index in [4.69, 9.17) is 4.98 Å². The number of pyridine rings is 2. The second kappa shape index (κ2) is 12.5. The van der Waals surface area contributed by atoms with Crippen LogP contribution in [-0.4, -0.2) is 15.1 Å². The molecule has 0 fully saturated rings. The van der Waals surface area contributed by atoms with Crippen molar-refractivity contribution in [1.82, 2.24) is 9.97 Å². The Labute approximate surface area is 261 Å². The number of rotatable bonds is 7. The fraction of sp³-hybridized carbons (Fsp3) is 0.0811. The second-order valence-electron chi connectivity index (χ2n) is 10.4. The minimum atomic E-state index is -0.133. The average Bonchev–Trinajstić information content (AvgIpc) is 3.03. The summed E-state index contributed by atoms with van der Waals surface area (Å²) in [5.41, 5.74) is 7.23. The van der Waals surface area contributed by atoms with E-state index in [1.54, 1.807) is 18.3 Å². The van der Waals surface area contributed by atoms with Crippen molar-refractivity contribution in [1.29, 1.82) is 0 Å². The number of benzene rings is 4. The maximum absolute atomic E-state index is 10.4. The normalized spacial score (nSPS) is 11.0. The van der Waals surface area contributed by atoms with Crippen molar-refractivity contribution >= 4 is 17.2 Å². The first-order valence-corrected chi connectivity index (χ1v) is 13.7. The van der Waals surface area contributed by atoms with Gasteiger partial charge in [-0.05, 0) is 65.0 Å². The molecule has 42 heavy (non-hydrogen) atoms. The summed E-state index contributed by atoms with van der Waals surface area (Å²) in [6.45, 7) is 4.50. The van der Waals surface area contributed by atoms with Crippen LogP contribution < -0.4 is 4.90 Å². The van der Waals surface area contributed by atoms with E-state index in [1.165, 1.54) is 11.1 Å². The third-order valence-electron chi connectivity index (χ3n) is 7.45. The molecule has 210 valence electrons. The van der Waals surface area contributed by atoms with E-state index in [-0.39, 0.29) is 32.2 Å². The Morgan fingerprint density at radius 1 is 0.643 bits per heavy atom. The first-order valence-electron chi connectivity index (χ1n) is 13.7. The van der Waals surface area contributed by atoms with Crippen molar-refractivity contribution in [3.8, 4) is 28.3 Å². The van der Waals surface area contributed by atoms with Crippen LogP contribution in [-0.2, 0) is 26.5 Å². The minimum absolute atomic E-state index is 0. The van der Waals surface area contributed by atoms with Gasteiger partial charge in [0.15, 0.2) is 0 Å². The summed E-state index contributed by atoms with van der Waals surface area (Å²) < 4.78 is 0. The predicted octanol–water partition coefficient (Wildman–Crippen LogP) is 9.11. The van der Waals surface area contributed by atoms with Crippen LogP contribution in [0.3, 0.4) is 0 Å². The molecule has 0 aliphatic heterocycles. The standard InChI is InChI=1S/C37H30N3O.Pt/c1-37(2,28-13-4-3-5-14-28)29-21-23-30(24-22-29)40(36-20-8-9-25-38-36)31-15-10-12-27(26-31)33-17-11-18-34(39-33)32-16-6-7-19-35(32)41;/h3-25,41H,1-2H3;/q-1;. The second-order valence-corrected chi connectivity index (χ2v) is 10.4. The third-order valence-corrected chi connectivity index (χ3v) is 7.45. The molecule has 0 spiro atoms. The molecule has 0 saturated carbocycles. The van der Waals surface area contributed by atoms with Gasteiger partial charge in [-0.2, -0.15) is 0 Å². The summed E-state index contributed by atoms with van der Waals surface area (Å²) in [6, 6.07) is 47.9. The molecule has 0 unspecified atom stereocenters. The molecule has 4 nitrogen and oxygen atoms in total. The molecule has 2 heterocycles. The van der Waals surface area contributed by atoms with Crippen LogP contribution in [0, 0.1) is 6.07 Å². The van der Waals surface area contributed by atoms with Crippen LogP contribution in [0.2, 0.25) is 0 Å². The molecule has 2 aromatic heterocycles. The Morgan fingerprint density at radius 2 is 1.31 bits per heavy atom. The van der Waals surface area contributed by atoms with E-state index in [1.807, 2.05) is 66.7 Å². The van der Waals surface area contributed by atoms with Crippen LogP contribution >= 0.6 is 0 Å². The van der Waals surface area contributed by atoms with Gasteiger partial charge in [-0.25, -0.2) is 4.98 Å². The number of aromatic nitrogens is 2. The summed E-state index contributed by atoms with van der Waals surface area (Å²) >= 11 is 0. The van der Waals surface area contributed by atoms with Gasteiger partial charge in [0.2, 0.25) is 0 Å². The zero-order valence-electron chi connectivity index (χ0n) is 23.4. The summed E-state index contributed by atoms with van der Waals surface area (Å²) in [4.78, 5) is 11.6. The Morgan fingerprint density at radius 3 is 2.05 bits per heavy atom. The Hall–Kier alpha value is -4.53. The summed E-state index contributed by atoms with van der Waals surface area (Å²) in [6.07, 6.45) is 1.80. The van der Waals surface area contributed by atoms with E-state index < -0.39 is 0 Å². The topological polar surface area (TPSA) is 49.2 Å². The number of nitrogens with zero attached hydrogens (tertiary/aromatic N) is 3. The van der Waals surface area contributed by atoms with Crippen LogP contribution in [0.1, 0.15) is 25.0 Å². The summed E-state index contributed by atoms with van der Waals surface area (Å²) in [5, 5.41) is 10.4. The maximum Gasteiger partial charge on any atom is 0.136 e. The SMILES string of the molecule is CC(C)(c1ccccc1)c1ccc(N(c2[c-]c(-c3cccc(-c4ccccc4O)n3)ccc2)c2ccccn2)cc1.[Pt]. The largest absolute Gasteiger partial charge is 0.507 e. The Balaban J connectivity index is 0.00000353. The molecule has 5 heteroatoms. The molecule has 6 aromatic rings. The molecule has 0 radical (unpaired) electrons. The van der Waals surface area contributed by atoms with Gasteiger partial charge in [0, 0.05) is 43.9 Å². The number of anilines is 3. The third kappa shape index (κ3) is 5.91. The van der Waals surface area contributed by atoms with Crippen molar-refractivity contribution in [3.63, 3.8) is 0 Å². The summed E-state index contributed by atoms with van der Waals surface area (Å²) in [5.74, 6) is 1.00. The van der Waals surface area contributed by atoms with Crippen molar-refractivity contribution in [3.05, 3.63) is 157 Å². The number of hydrogen-bond donors (Lipinski definition) is 1. The van der Waals surface area contributed by atoms with E-state index in [0.717, 1.165) is 28.5 Å². The van der Waals surface area contributed by atoms with Gasteiger partial charge >= 0.3 is 0 Å². The first-order chi connectivity index (χ1) is 20.0. The molecular weight excluding hydrogens is 698 g/mol. The molecule has 1 N–H and O–H groups in total.